The van der Waals surface area contributed by atoms with Gasteiger partial charge in [0.15, 0.2) is 0 Å². The molecule has 1 spiro atoms. The molecule has 2 saturated heterocycles. The van der Waals surface area contributed by atoms with Crippen molar-refractivity contribution in [1.82, 2.24) is 15.2 Å². The number of hydrogen-bond acceptors (Lipinski definition) is 7. The topological polar surface area (TPSA) is 122 Å². The average molecular weight is 564 g/mol. The van der Waals surface area contributed by atoms with Crippen LogP contribution in [0.15, 0.2) is 54.7 Å². The van der Waals surface area contributed by atoms with E-state index in [2.05, 4.69) is 20.9 Å². The van der Waals surface area contributed by atoms with Crippen LogP contribution in [0.4, 0.5) is 20.3 Å². The number of anilines is 2. The first-order valence-electron chi connectivity index (χ1n) is 13.2. The highest BCUT2D eigenvalue weighted by molar-refractivity contribution is 5.96. The van der Waals surface area contributed by atoms with Gasteiger partial charge in [-0.25, -0.2) is 13.8 Å². The van der Waals surface area contributed by atoms with Crippen molar-refractivity contribution in [2.24, 2.45) is 0 Å². The molecule has 3 N–H and O–H groups in total. The summed E-state index contributed by atoms with van der Waals surface area (Å²) in [5.41, 5.74) is 2.42. The Morgan fingerprint density at radius 3 is 2.71 bits per heavy atom. The summed E-state index contributed by atoms with van der Waals surface area (Å²) in [4.78, 5) is 43.3. The Morgan fingerprint density at radius 2 is 1.95 bits per heavy atom. The van der Waals surface area contributed by atoms with E-state index >= 15 is 0 Å². The fourth-order valence-corrected chi connectivity index (χ4v) is 5.86. The van der Waals surface area contributed by atoms with Gasteiger partial charge in [0, 0.05) is 24.5 Å². The molecule has 3 unspecified atom stereocenters. The van der Waals surface area contributed by atoms with Crippen molar-refractivity contribution in [1.29, 1.82) is 0 Å². The van der Waals surface area contributed by atoms with Crippen LogP contribution in [0, 0.1) is 11.6 Å². The average Bonchev–Trinajstić information content (AvgIpc) is 3.59. The van der Waals surface area contributed by atoms with Gasteiger partial charge in [-0.15, -0.1) is 0 Å². The standard InChI is InChI=1S/C29H27F2N5O5/c30-21-8-20(9-22(31)11-21)25-12-34-29(14-40-16-41-29)28(39)36(25)13-26(38)35-23-4-3-17-6-19(7-18(17)10-23)24-2-1-5-32-27(24)33-15-37/h1-5,8-11,15,19,25,34H,6-7,12-14,16H2,(H,35,38)(H,32,33,37). The number of benzene rings is 2. The molecule has 3 amide bonds. The van der Waals surface area contributed by atoms with Gasteiger partial charge in [0.05, 0.1) is 6.04 Å². The van der Waals surface area contributed by atoms with E-state index in [1.165, 1.54) is 4.90 Å². The van der Waals surface area contributed by atoms with Crippen molar-refractivity contribution < 1.29 is 32.6 Å². The molecule has 10 nitrogen and oxygen atoms in total. The number of aromatic nitrogens is 1. The quantitative estimate of drug-likeness (QED) is 0.378. The van der Waals surface area contributed by atoms with E-state index in [4.69, 9.17) is 9.47 Å². The van der Waals surface area contributed by atoms with Crippen LogP contribution in [0.1, 0.15) is 34.2 Å². The van der Waals surface area contributed by atoms with Crippen molar-refractivity contribution >= 4 is 29.7 Å². The molecular weight excluding hydrogens is 536 g/mol. The van der Waals surface area contributed by atoms with Crippen LogP contribution in [0.2, 0.25) is 0 Å². The third-order valence-electron chi connectivity index (χ3n) is 7.74. The zero-order valence-corrected chi connectivity index (χ0v) is 21.9. The van der Waals surface area contributed by atoms with Crippen molar-refractivity contribution in [3.8, 4) is 0 Å². The van der Waals surface area contributed by atoms with Gasteiger partial charge in [0.1, 0.15) is 37.4 Å². The first kappa shape index (κ1) is 26.9. The van der Waals surface area contributed by atoms with E-state index in [0.29, 0.717) is 24.3 Å². The molecule has 12 heteroatoms. The summed E-state index contributed by atoms with van der Waals surface area (Å²) < 4.78 is 38.9. The van der Waals surface area contributed by atoms with Crippen LogP contribution in [-0.2, 0) is 36.7 Å². The van der Waals surface area contributed by atoms with Crippen LogP contribution in [-0.4, -0.2) is 60.3 Å². The van der Waals surface area contributed by atoms with Gasteiger partial charge in [0.2, 0.25) is 18.0 Å². The summed E-state index contributed by atoms with van der Waals surface area (Å²) in [6, 6.07) is 11.6. The highest BCUT2D eigenvalue weighted by Crippen LogP contribution is 2.38. The smallest absolute Gasteiger partial charge is 0.273 e. The van der Waals surface area contributed by atoms with E-state index < -0.39 is 35.2 Å². The zero-order valence-electron chi connectivity index (χ0n) is 21.9. The van der Waals surface area contributed by atoms with Gasteiger partial charge in [-0.2, -0.15) is 0 Å². The van der Waals surface area contributed by atoms with Crippen molar-refractivity contribution in [3.05, 3.63) is 88.6 Å². The zero-order chi connectivity index (χ0) is 28.6. The van der Waals surface area contributed by atoms with Gasteiger partial charge < -0.3 is 25.0 Å². The lowest BCUT2D eigenvalue weighted by atomic mass is 9.97. The molecule has 1 aliphatic carbocycles. The number of pyridine rings is 1. The predicted molar refractivity (Wildman–Crippen MR) is 143 cm³/mol. The molecule has 41 heavy (non-hydrogen) atoms. The monoisotopic (exact) mass is 563 g/mol. The number of nitrogens with one attached hydrogen (secondary N) is 3. The minimum absolute atomic E-state index is 0.0544. The van der Waals surface area contributed by atoms with Gasteiger partial charge in [-0.1, -0.05) is 12.1 Å². The summed E-state index contributed by atoms with van der Waals surface area (Å²) in [5.74, 6) is -1.96. The molecule has 1 aromatic heterocycles. The maximum Gasteiger partial charge on any atom is 0.273 e. The largest absolute Gasteiger partial charge is 0.350 e. The highest BCUT2D eigenvalue weighted by Gasteiger charge is 2.52. The first-order chi connectivity index (χ1) is 19.8. The molecule has 3 aromatic rings. The van der Waals surface area contributed by atoms with Gasteiger partial charge in [0.25, 0.3) is 5.91 Å². The fraction of sp³-hybridized carbons (Fsp3) is 0.310. The predicted octanol–water partition coefficient (Wildman–Crippen LogP) is 2.62. The van der Waals surface area contributed by atoms with E-state index in [9.17, 15) is 23.2 Å². The molecule has 3 atom stereocenters. The molecule has 3 heterocycles. The van der Waals surface area contributed by atoms with Crippen LogP contribution in [0.3, 0.4) is 0 Å². The van der Waals surface area contributed by atoms with Crippen LogP contribution in [0.25, 0.3) is 0 Å². The molecule has 2 aromatic carbocycles. The second-order valence-electron chi connectivity index (χ2n) is 10.3. The van der Waals surface area contributed by atoms with E-state index in [-0.39, 0.29) is 38.0 Å². The number of fused-ring (bicyclic) bond motifs is 1. The molecule has 6 rings (SSSR count). The fourth-order valence-electron chi connectivity index (χ4n) is 5.86. The molecule has 3 aliphatic rings. The Labute approximate surface area is 234 Å². The maximum atomic E-state index is 14.0. The number of carbonyl (C=O) groups excluding carboxylic acids is 3. The SMILES string of the molecule is O=CNc1ncccc1C1Cc2ccc(NC(=O)CN3C(=O)C4(COCO4)NCC3c3cc(F)cc(F)c3)cc2C1. The molecule has 2 aliphatic heterocycles. The summed E-state index contributed by atoms with van der Waals surface area (Å²) in [6.07, 6.45) is 3.68. The first-order valence-corrected chi connectivity index (χ1v) is 13.2. The number of nitrogens with zero attached hydrogens (tertiary/aromatic N) is 2. The second-order valence-corrected chi connectivity index (χ2v) is 10.3. The molecule has 0 saturated carbocycles. The number of piperazine rings is 1. The lowest BCUT2D eigenvalue weighted by Crippen LogP contribution is -2.67. The van der Waals surface area contributed by atoms with E-state index in [1.807, 2.05) is 24.3 Å². The highest BCUT2D eigenvalue weighted by atomic mass is 19.1. The number of halogens is 2. The van der Waals surface area contributed by atoms with Crippen LogP contribution in [0.5, 0.6) is 0 Å². The number of ether oxygens (including phenoxy) is 2. The third kappa shape index (κ3) is 5.29. The minimum Gasteiger partial charge on any atom is -0.350 e. The lowest BCUT2D eigenvalue weighted by Gasteiger charge is -2.43. The summed E-state index contributed by atoms with van der Waals surface area (Å²) in [6.45, 7) is -0.424. The molecule has 0 bridgehead atoms. The number of rotatable bonds is 7. The molecular formula is C29H27F2N5O5. The number of hydrogen-bond donors (Lipinski definition) is 3. The molecule has 212 valence electrons. The van der Waals surface area contributed by atoms with Crippen molar-refractivity contribution in [3.63, 3.8) is 0 Å². The van der Waals surface area contributed by atoms with E-state index in [1.54, 1.807) is 12.3 Å². The third-order valence-corrected chi connectivity index (χ3v) is 7.74. The van der Waals surface area contributed by atoms with Crippen molar-refractivity contribution in [2.45, 2.75) is 30.5 Å². The van der Waals surface area contributed by atoms with Crippen LogP contribution >= 0.6 is 0 Å². The summed E-state index contributed by atoms with van der Waals surface area (Å²) >= 11 is 0. The molecule has 0 radical (unpaired) electrons. The molecule has 2 fully saturated rings. The van der Waals surface area contributed by atoms with Crippen molar-refractivity contribution in [2.75, 3.05) is 37.1 Å². The maximum absolute atomic E-state index is 14.0. The second kappa shape index (κ2) is 11.0. The lowest BCUT2D eigenvalue weighted by molar-refractivity contribution is -0.166. The Bertz CT molecular complexity index is 1490. The van der Waals surface area contributed by atoms with E-state index in [0.717, 1.165) is 41.3 Å². The van der Waals surface area contributed by atoms with Crippen LogP contribution < -0.4 is 16.0 Å². The van der Waals surface area contributed by atoms with Gasteiger partial charge in [-0.05, 0) is 71.3 Å². The Hall–Kier alpha value is -4.26. The Kier molecular flexibility index (Phi) is 7.20. The Balaban J connectivity index is 1.19. The van der Waals surface area contributed by atoms with Gasteiger partial charge >= 0.3 is 0 Å². The summed E-state index contributed by atoms with van der Waals surface area (Å²) in [7, 11) is 0. The normalized spacial score (nSPS) is 23.5. The van der Waals surface area contributed by atoms with Gasteiger partial charge in [-0.3, -0.25) is 19.7 Å². The Morgan fingerprint density at radius 1 is 1.15 bits per heavy atom. The minimum atomic E-state index is -1.46. The number of amides is 3. The number of carbonyl (C=O) groups is 3. The summed E-state index contributed by atoms with van der Waals surface area (Å²) in [5, 5.41) is 8.51.